The van der Waals surface area contributed by atoms with E-state index in [0.29, 0.717) is 12.5 Å². The van der Waals surface area contributed by atoms with Crippen molar-refractivity contribution >= 4 is 15.9 Å². The highest BCUT2D eigenvalue weighted by Gasteiger charge is 2.32. The number of benzene rings is 1. The van der Waals surface area contributed by atoms with Crippen molar-refractivity contribution in [3.05, 3.63) is 34.3 Å². The lowest BCUT2D eigenvalue weighted by Crippen LogP contribution is -2.40. The number of halogens is 1. The number of aliphatic hydroxyl groups is 2. The third-order valence-electron chi connectivity index (χ3n) is 3.47. The monoisotopic (exact) mass is 314 g/mol. The summed E-state index contributed by atoms with van der Waals surface area (Å²) in [5, 5.41) is 19.3. The molecule has 1 saturated carbocycles. The molecule has 2 N–H and O–H groups in total. The van der Waals surface area contributed by atoms with E-state index in [-0.39, 0.29) is 13.2 Å². The zero-order valence-corrected chi connectivity index (χ0v) is 11.9. The molecule has 1 aliphatic rings. The second-order valence-electron chi connectivity index (χ2n) is 5.07. The van der Waals surface area contributed by atoms with Crippen molar-refractivity contribution in [2.24, 2.45) is 5.92 Å². The fourth-order valence-electron chi connectivity index (χ4n) is 1.93. The molecular formula is C14H19BrO3. The van der Waals surface area contributed by atoms with Gasteiger partial charge in [-0.1, -0.05) is 28.1 Å². The molecule has 1 aromatic rings. The summed E-state index contributed by atoms with van der Waals surface area (Å²) in [5.41, 5.74) is 0.191. The second-order valence-corrected chi connectivity index (χ2v) is 5.98. The summed E-state index contributed by atoms with van der Waals surface area (Å²) >= 11 is 3.41. The summed E-state index contributed by atoms with van der Waals surface area (Å²) in [5.74, 6) is 0.683. The van der Waals surface area contributed by atoms with E-state index in [1.165, 1.54) is 12.8 Å². The minimum absolute atomic E-state index is 0.120. The van der Waals surface area contributed by atoms with Gasteiger partial charge >= 0.3 is 0 Å². The SMILES string of the molecule is OCC(CO)(COCC1CC1)c1cccc(Br)c1. The fraction of sp³-hybridized carbons (Fsp3) is 0.571. The Kier molecular flexibility index (Phi) is 4.78. The van der Waals surface area contributed by atoms with Crippen LogP contribution in [0.3, 0.4) is 0 Å². The maximum atomic E-state index is 9.65. The Bertz CT molecular complexity index is 386. The van der Waals surface area contributed by atoms with Gasteiger partial charge in [0.25, 0.3) is 0 Å². The van der Waals surface area contributed by atoms with E-state index in [0.717, 1.165) is 16.6 Å². The molecule has 4 heteroatoms. The quantitative estimate of drug-likeness (QED) is 0.810. The first-order valence-corrected chi connectivity index (χ1v) is 7.05. The van der Waals surface area contributed by atoms with Crippen LogP contribution >= 0.6 is 15.9 Å². The lowest BCUT2D eigenvalue weighted by atomic mass is 9.83. The second kappa shape index (κ2) is 6.15. The summed E-state index contributed by atoms with van der Waals surface area (Å²) < 4.78 is 6.60. The molecule has 100 valence electrons. The molecule has 0 aliphatic heterocycles. The molecule has 1 fully saturated rings. The van der Waals surface area contributed by atoms with Crippen molar-refractivity contribution in [1.82, 2.24) is 0 Å². The average molecular weight is 315 g/mol. The number of hydrogen-bond donors (Lipinski definition) is 2. The van der Waals surface area contributed by atoms with Crippen molar-refractivity contribution in [3.8, 4) is 0 Å². The van der Waals surface area contributed by atoms with Crippen LogP contribution in [0.25, 0.3) is 0 Å². The Labute approximate surface area is 116 Å². The Balaban J connectivity index is 2.08. The summed E-state index contributed by atoms with van der Waals surface area (Å²) in [4.78, 5) is 0. The molecule has 2 rings (SSSR count). The number of ether oxygens (including phenoxy) is 1. The molecule has 0 bridgehead atoms. The maximum Gasteiger partial charge on any atom is 0.0648 e. The van der Waals surface area contributed by atoms with Crippen LogP contribution in [0.5, 0.6) is 0 Å². The van der Waals surface area contributed by atoms with Gasteiger partial charge in [0.1, 0.15) is 0 Å². The van der Waals surface area contributed by atoms with Crippen LogP contribution in [0.2, 0.25) is 0 Å². The van der Waals surface area contributed by atoms with E-state index >= 15 is 0 Å². The molecule has 0 radical (unpaired) electrons. The van der Waals surface area contributed by atoms with Crippen molar-refractivity contribution in [3.63, 3.8) is 0 Å². The predicted molar refractivity (Wildman–Crippen MR) is 73.5 cm³/mol. The first-order chi connectivity index (χ1) is 8.70. The van der Waals surface area contributed by atoms with Gasteiger partial charge in [-0.3, -0.25) is 0 Å². The van der Waals surface area contributed by atoms with Gasteiger partial charge in [0.15, 0.2) is 0 Å². The molecule has 0 saturated heterocycles. The van der Waals surface area contributed by atoms with Crippen LogP contribution in [-0.4, -0.2) is 36.6 Å². The van der Waals surface area contributed by atoms with Crippen LogP contribution < -0.4 is 0 Å². The van der Waals surface area contributed by atoms with Crippen LogP contribution in [-0.2, 0) is 10.2 Å². The summed E-state index contributed by atoms with van der Waals surface area (Å²) in [6, 6.07) is 7.67. The van der Waals surface area contributed by atoms with E-state index in [1.807, 2.05) is 24.3 Å². The average Bonchev–Trinajstić information content (AvgIpc) is 3.19. The van der Waals surface area contributed by atoms with Crippen molar-refractivity contribution in [2.75, 3.05) is 26.4 Å². The Morgan fingerprint density at radius 1 is 1.28 bits per heavy atom. The highest BCUT2D eigenvalue weighted by atomic mass is 79.9. The summed E-state index contributed by atoms with van der Waals surface area (Å²) in [7, 11) is 0. The highest BCUT2D eigenvalue weighted by Crippen LogP contribution is 2.31. The minimum atomic E-state index is -0.710. The van der Waals surface area contributed by atoms with Crippen molar-refractivity contribution in [2.45, 2.75) is 18.3 Å². The van der Waals surface area contributed by atoms with Crippen LogP contribution in [0.15, 0.2) is 28.7 Å². The van der Waals surface area contributed by atoms with Gasteiger partial charge in [-0.2, -0.15) is 0 Å². The Hall–Kier alpha value is -0.420. The molecule has 1 aromatic carbocycles. The standard InChI is InChI=1S/C14H19BrO3/c15-13-3-1-2-12(6-13)14(8-16,9-17)10-18-7-11-4-5-11/h1-3,6,11,16-17H,4-5,7-10H2. The van der Waals surface area contributed by atoms with Gasteiger partial charge < -0.3 is 14.9 Å². The van der Waals surface area contributed by atoms with Gasteiger partial charge in [0.2, 0.25) is 0 Å². The van der Waals surface area contributed by atoms with Gasteiger partial charge in [-0.05, 0) is 36.5 Å². The fourth-order valence-corrected chi connectivity index (χ4v) is 2.33. The first kappa shape index (κ1) is 14.0. The molecule has 0 unspecified atom stereocenters. The summed E-state index contributed by atoms with van der Waals surface area (Å²) in [6.07, 6.45) is 2.48. The van der Waals surface area contributed by atoms with E-state index in [1.54, 1.807) is 0 Å². The van der Waals surface area contributed by atoms with E-state index in [4.69, 9.17) is 4.74 Å². The van der Waals surface area contributed by atoms with E-state index < -0.39 is 5.41 Å². The Morgan fingerprint density at radius 3 is 2.56 bits per heavy atom. The lowest BCUT2D eigenvalue weighted by molar-refractivity contribution is 0.0164. The maximum absolute atomic E-state index is 9.65. The third-order valence-corrected chi connectivity index (χ3v) is 3.96. The zero-order chi connectivity index (χ0) is 13.0. The number of hydrogen-bond acceptors (Lipinski definition) is 3. The number of rotatable bonds is 7. The normalized spacial score (nSPS) is 15.9. The molecule has 18 heavy (non-hydrogen) atoms. The summed E-state index contributed by atoms with van der Waals surface area (Å²) in [6.45, 7) is 0.845. The van der Waals surface area contributed by atoms with E-state index in [2.05, 4.69) is 15.9 Å². The van der Waals surface area contributed by atoms with Gasteiger partial charge in [-0.15, -0.1) is 0 Å². The largest absolute Gasteiger partial charge is 0.395 e. The van der Waals surface area contributed by atoms with Gasteiger partial charge in [0.05, 0.1) is 25.2 Å². The van der Waals surface area contributed by atoms with Crippen LogP contribution in [0.1, 0.15) is 18.4 Å². The van der Waals surface area contributed by atoms with Crippen molar-refractivity contribution in [1.29, 1.82) is 0 Å². The molecular weight excluding hydrogens is 296 g/mol. The van der Waals surface area contributed by atoms with Crippen molar-refractivity contribution < 1.29 is 14.9 Å². The smallest absolute Gasteiger partial charge is 0.0648 e. The first-order valence-electron chi connectivity index (χ1n) is 6.26. The zero-order valence-electron chi connectivity index (χ0n) is 10.3. The predicted octanol–water partition coefficient (Wildman–Crippen LogP) is 2.10. The van der Waals surface area contributed by atoms with Crippen LogP contribution in [0, 0.1) is 5.92 Å². The lowest BCUT2D eigenvalue weighted by Gasteiger charge is -2.30. The molecule has 1 aliphatic carbocycles. The number of aliphatic hydroxyl groups excluding tert-OH is 2. The topological polar surface area (TPSA) is 49.7 Å². The van der Waals surface area contributed by atoms with Gasteiger partial charge in [0, 0.05) is 11.1 Å². The molecule has 0 atom stereocenters. The van der Waals surface area contributed by atoms with E-state index in [9.17, 15) is 10.2 Å². The molecule has 0 aromatic heterocycles. The molecule has 0 amide bonds. The minimum Gasteiger partial charge on any atom is -0.395 e. The molecule has 3 nitrogen and oxygen atoms in total. The Morgan fingerprint density at radius 2 is 2.00 bits per heavy atom. The third kappa shape index (κ3) is 3.32. The van der Waals surface area contributed by atoms with Gasteiger partial charge in [-0.25, -0.2) is 0 Å². The molecule has 0 heterocycles. The van der Waals surface area contributed by atoms with Crippen LogP contribution in [0.4, 0.5) is 0 Å². The highest BCUT2D eigenvalue weighted by molar-refractivity contribution is 9.10. The molecule has 0 spiro atoms.